The molecule has 1 aliphatic carbocycles. The van der Waals surface area contributed by atoms with Gasteiger partial charge in [0.15, 0.2) is 11.5 Å². The summed E-state index contributed by atoms with van der Waals surface area (Å²) in [7, 11) is 1.57. The predicted octanol–water partition coefficient (Wildman–Crippen LogP) is 7.62. The fourth-order valence-corrected chi connectivity index (χ4v) is 5.18. The Bertz CT molecular complexity index is 1710. The summed E-state index contributed by atoms with van der Waals surface area (Å²) < 4.78 is 19.6. The molecule has 5 aromatic rings. The van der Waals surface area contributed by atoms with Crippen LogP contribution in [0.4, 0.5) is 16.2 Å². The molecule has 0 spiro atoms. The first-order chi connectivity index (χ1) is 20.6. The topological polar surface area (TPSA) is 112 Å². The van der Waals surface area contributed by atoms with Gasteiger partial charge in [0, 0.05) is 18.3 Å². The van der Waals surface area contributed by atoms with Gasteiger partial charge in [-0.2, -0.15) is 5.10 Å². The molecule has 2 aromatic heterocycles. The highest BCUT2D eigenvalue weighted by Crippen LogP contribution is 2.37. The largest absolute Gasteiger partial charge is 0.493 e. The molecule has 0 radical (unpaired) electrons. The number of nitrogens with one attached hydrogen (secondary N) is 2. The molecule has 214 valence electrons. The first-order valence-electron chi connectivity index (χ1n) is 13.6. The van der Waals surface area contributed by atoms with Gasteiger partial charge in [0.25, 0.3) is 0 Å². The Hall–Kier alpha value is -4.83. The van der Waals surface area contributed by atoms with Crippen molar-refractivity contribution < 1.29 is 19.0 Å². The van der Waals surface area contributed by atoms with Crippen molar-refractivity contribution in [2.24, 2.45) is 0 Å². The molecule has 2 amide bonds. The summed E-state index contributed by atoms with van der Waals surface area (Å²) in [6.07, 6.45) is 9.56. The number of rotatable bonds is 9. The number of halogens is 1. The van der Waals surface area contributed by atoms with Crippen molar-refractivity contribution in [1.29, 1.82) is 0 Å². The standard InChI is InChI=1S/C31H29ClN6O4/c1-40-28-14-24-27(15-29(28)41-18-20-7-3-2-4-8-20)33-19-34-30(24)42-23-11-12-26(25(32)13-23)37-31(39)36-21-16-35-38(17-21)22-9-5-6-10-22/h2-4,7-8,11-17,19,22H,5-6,9-10,18H2,1H3,(H2,36,37,39). The van der Waals surface area contributed by atoms with Crippen molar-refractivity contribution in [3.05, 3.63) is 90.0 Å². The van der Waals surface area contributed by atoms with Crippen LogP contribution in [-0.2, 0) is 6.61 Å². The van der Waals surface area contributed by atoms with E-state index in [-0.39, 0.29) is 0 Å². The molecule has 11 heteroatoms. The maximum Gasteiger partial charge on any atom is 0.323 e. The van der Waals surface area contributed by atoms with Crippen molar-refractivity contribution in [1.82, 2.24) is 19.7 Å². The van der Waals surface area contributed by atoms with Crippen LogP contribution in [0.3, 0.4) is 0 Å². The molecule has 0 bridgehead atoms. The fraction of sp³-hybridized carbons (Fsp3) is 0.226. The highest BCUT2D eigenvalue weighted by molar-refractivity contribution is 6.34. The van der Waals surface area contributed by atoms with Gasteiger partial charge in [-0.25, -0.2) is 14.8 Å². The number of hydrogen-bond acceptors (Lipinski definition) is 7. The number of carbonyl (C=O) groups excluding carboxylic acids is 1. The van der Waals surface area contributed by atoms with Gasteiger partial charge in [-0.05, 0) is 36.6 Å². The van der Waals surface area contributed by atoms with Gasteiger partial charge in [-0.15, -0.1) is 0 Å². The molecule has 1 aliphatic rings. The van der Waals surface area contributed by atoms with Crippen LogP contribution >= 0.6 is 11.6 Å². The highest BCUT2D eigenvalue weighted by atomic mass is 35.5. The summed E-state index contributed by atoms with van der Waals surface area (Å²) in [5, 5.41) is 10.9. The van der Waals surface area contributed by atoms with Crippen molar-refractivity contribution >= 4 is 39.9 Å². The average Bonchev–Trinajstić information content (AvgIpc) is 3.70. The molecule has 2 N–H and O–H groups in total. The number of aromatic nitrogens is 4. The van der Waals surface area contributed by atoms with Gasteiger partial charge in [0.1, 0.15) is 18.7 Å². The van der Waals surface area contributed by atoms with E-state index in [1.807, 2.05) is 41.2 Å². The van der Waals surface area contributed by atoms with Crippen LogP contribution in [-0.4, -0.2) is 32.9 Å². The zero-order valence-corrected chi connectivity index (χ0v) is 23.7. The molecule has 10 nitrogen and oxygen atoms in total. The van der Waals surface area contributed by atoms with Gasteiger partial charge < -0.3 is 24.8 Å². The van der Waals surface area contributed by atoms with E-state index in [1.165, 1.54) is 19.2 Å². The Morgan fingerprint density at radius 1 is 1.02 bits per heavy atom. The van der Waals surface area contributed by atoms with Crippen LogP contribution in [0.2, 0.25) is 5.02 Å². The van der Waals surface area contributed by atoms with Gasteiger partial charge in [0.05, 0.1) is 46.6 Å². The number of nitrogens with zero attached hydrogens (tertiary/aromatic N) is 4. The third kappa shape index (κ3) is 6.23. The van der Waals surface area contributed by atoms with E-state index in [4.69, 9.17) is 25.8 Å². The van der Waals surface area contributed by atoms with E-state index in [9.17, 15) is 4.79 Å². The highest BCUT2D eigenvalue weighted by Gasteiger charge is 2.18. The minimum absolute atomic E-state index is 0.303. The third-order valence-corrected chi connectivity index (χ3v) is 7.40. The number of hydrogen-bond donors (Lipinski definition) is 2. The minimum Gasteiger partial charge on any atom is -0.493 e. The molecule has 6 rings (SSSR count). The monoisotopic (exact) mass is 584 g/mol. The summed E-state index contributed by atoms with van der Waals surface area (Å²) in [5.41, 5.74) is 2.71. The van der Waals surface area contributed by atoms with Gasteiger partial charge in [-0.3, -0.25) is 4.68 Å². The molecule has 3 aromatic carbocycles. The quantitative estimate of drug-likeness (QED) is 0.183. The van der Waals surface area contributed by atoms with Gasteiger partial charge >= 0.3 is 6.03 Å². The number of ether oxygens (including phenoxy) is 3. The Morgan fingerprint density at radius 2 is 1.86 bits per heavy atom. The molecule has 1 saturated carbocycles. The van der Waals surface area contributed by atoms with Crippen molar-refractivity contribution in [2.75, 3.05) is 17.7 Å². The minimum atomic E-state index is -0.421. The summed E-state index contributed by atoms with van der Waals surface area (Å²) in [4.78, 5) is 21.3. The number of anilines is 2. The summed E-state index contributed by atoms with van der Waals surface area (Å²) in [6.45, 7) is 0.387. The van der Waals surface area contributed by atoms with Crippen LogP contribution in [0.25, 0.3) is 10.9 Å². The van der Waals surface area contributed by atoms with Crippen molar-refractivity contribution in [3.63, 3.8) is 0 Å². The van der Waals surface area contributed by atoms with Crippen LogP contribution in [0, 0.1) is 0 Å². The first-order valence-corrected chi connectivity index (χ1v) is 14.0. The van der Waals surface area contributed by atoms with E-state index in [2.05, 4.69) is 25.7 Å². The smallest absolute Gasteiger partial charge is 0.323 e. The Kier molecular flexibility index (Phi) is 8.05. The van der Waals surface area contributed by atoms with Crippen LogP contribution in [0.1, 0.15) is 37.3 Å². The lowest BCUT2D eigenvalue weighted by Gasteiger charge is -2.14. The molecular weight excluding hydrogens is 556 g/mol. The number of methoxy groups -OCH3 is 1. The first kappa shape index (κ1) is 27.3. The number of fused-ring (bicyclic) bond motifs is 1. The number of amides is 2. The fourth-order valence-electron chi connectivity index (χ4n) is 4.96. The maximum atomic E-state index is 12.6. The summed E-state index contributed by atoms with van der Waals surface area (Å²) in [6, 6.07) is 18.4. The van der Waals surface area contributed by atoms with E-state index in [1.54, 1.807) is 43.6 Å². The van der Waals surface area contributed by atoms with Gasteiger partial charge in [-0.1, -0.05) is 54.8 Å². The Labute approximate surface area is 247 Å². The zero-order chi connectivity index (χ0) is 28.9. The molecule has 42 heavy (non-hydrogen) atoms. The number of urea groups is 1. The molecule has 2 heterocycles. The molecule has 0 unspecified atom stereocenters. The van der Waals surface area contributed by atoms with E-state index in [0.717, 1.165) is 18.4 Å². The lowest BCUT2D eigenvalue weighted by atomic mass is 10.2. The summed E-state index contributed by atoms with van der Waals surface area (Å²) >= 11 is 6.50. The molecule has 1 fully saturated rings. The van der Waals surface area contributed by atoms with Crippen LogP contribution in [0.5, 0.6) is 23.1 Å². The maximum absolute atomic E-state index is 12.6. The number of carbonyl (C=O) groups is 1. The Morgan fingerprint density at radius 3 is 2.64 bits per heavy atom. The second-order valence-corrected chi connectivity index (χ2v) is 10.4. The van der Waals surface area contributed by atoms with E-state index >= 15 is 0 Å². The molecule has 0 aliphatic heterocycles. The molecule has 0 saturated heterocycles. The van der Waals surface area contributed by atoms with Crippen LogP contribution in [0.15, 0.2) is 79.4 Å². The average molecular weight is 585 g/mol. The molecular formula is C31H29ClN6O4. The Balaban J connectivity index is 1.13. The predicted molar refractivity (Wildman–Crippen MR) is 161 cm³/mol. The van der Waals surface area contributed by atoms with Gasteiger partial charge in [0.2, 0.25) is 5.88 Å². The normalized spacial score (nSPS) is 13.2. The molecule has 0 atom stereocenters. The van der Waals surface area contributed by atoms with E-state index in [0.29, 0.717) is 63.1 Å². The second-order valence-electron chi connectivity index (χ2n) is 9.94. The SMILES string of the molecule is COc1cc2c(Oc3ccc(NC(=O)Nc4cnn(C5CCCC5)c4)c(Cl)c3)ncnc2cc1OCc1ccccc1. The zero-order valence-electron chi connectivity index (χ0n) is 22.9. The lowest BCUT2D eigenvalue weighted by Crippen LogP contribution is -2.19. The van der Waals surface area contributed by atoms with Crippen molar-refractivity contribution in [3.8, 4) is 23.1 Å². The third-order valence-electron chi connectivity index (χ3n) is 7.08. The summed E-state index contributed by atoms with van der Waals surface area (Å²) in [5.74, 6) is 1.84. The van der Waals surface area contributed by atoms with Crippen LogP contribution < -0.4 is 24.8 Å². The van der Waals surface area contributed by atoms with Crippen molar-refractivity contribution in [2.45, 2.75) is 38.3 Å². The van der Waals surface area contributed by atoms with E-state index < -0.39 is 6.03 Å². The number of benzene rings is 3. The second kappa shape index (κ2) is 12.4. The lowest BCUT2D eigenvalue weighted by molar-refractivity contribution is 0.262.